The van der Waals surface area contributed by atoms with Gasteiger partial charge in [0.15, 0.2) is 0 Å². The van der Waals surface area contributed by atoms with Crippen LogP contribution in [0.15, 0.2) is 28.9 Å². The van der Waals surface area contributed by atoms with Crippen molar-refractivity contribution in [2.24, 2.45) is 7.05 Å². The van der Waals surface area contributed by atoms with Gasteiger partial charge in [0.2, 0.25) is 0 Å². The van der Waals surface area contributed by atoms with Gasteiger partial charge in [0, 0.05) is 25.4 Å². The van der Waals surface area contributed by atoms with Crippen molar-refractivity contribution in [2.75, 3.05) is 6.61 Å². The van der Waals surface area contributed by atoms with Crippen LogP contribution in [0.4, 0.5) is 4.79 Å². The Balaban J connectivity index is 1.58. The van der Waals surface area contributed by atoms with Crippen molar-refractivity contribution >= 4 is 6.03 Å². The van der Waals surface area contributed by atoms with Gasteiger partial charge in [-0.1, -0.05) is 0 Å². The number of nitrogens with zero attached hydrogens (tertiary/aromatic N) is 2. The normalized spacial score (nSPS) is 22.0. The SMILES string of the molecule is Cc1ccc(C(C)NC(=O)N[C@H]2CCO[C@@H]2c2cnn(C)c2)o1. The largest absolute Gasteiger partial charge is 0.464 e. The average molecular weight is 318 g/mol. The Labute approximate surface area is 135 Å². The van der Waals surface area contributed by atoms with Gasteiger partial charge in [-0.25, -0.2) is 4.79 Å². The number of ether oxygens (including phenoxy) is 1. The third-order valence-corrected chi connectivity index (χ3v) is 4.00. The molecule has 2 aromatic rings. The summed E-state index contributed by atoms with van der Waals surface area (Å²) in [6.45, 7) is 4.39. The van der Waals surface area contributed by atoms with E-state index in [0.717, 1.165) is 23.5 Å². The molecule has 3 heterocycles. The predicted molar refractivity (Wildman–Crippen MR) is 83.8 cm³/mol. The van der Waals surface area contributed by atoms with Crippen molar-refractivity contribution in [1.82, 2.24) is 20.4 Å². The third-order valence-electron chi connectivity index (χ3n) is 4.00. The molecule has 23 heavy (non-hydrogen) atoms. The van der Waals surface area contributed by atoms with Crippen LogP contribution in [0.3, 0.4) is 0 Å². The zero-order valence-electron chi connectivity index (χ0n) is 13.6. The van der Waals surface area contributed by atoms with Crippen LogP contribution in [0.5, 0.6) is 0 Å². The molecule has 7 nitrogen and oxygen atoms in total. The summed E-state index contributed by atoms with van der Waals surface area (Å²) in [4.78, 5) is 12.2. The van der Waals surface area contributed by atoms with Gasteiger partial charge >= 0.3 is 6.03 Å². The smallest absolute Gasteiger partial charge is 0.315 e. The zero-order valence-corrected chi connectivity index (χ0v) is 13.6. The molecule has 0 radical (unpaired) electrons. The number of aryl methyl sites for hydroxylation is 2. The van der Waals surface area contributed by atoms with Crippen molar-refractivity contribution in [2.45, 2.75) is 38.5 Å². The quantitative estimate of drug-likeness (QED) is 0.905. The highest BCUT2D eigenvalue weighted by atomic mass is 16.5. The van der Waals surface area contributed by atoms with E-state index in [0.29, 0.717) is 6.61 Å². The van der Waals surface area contributed by atoms with Crippen molar-refractivity contribution in [3.05, 3.63) is 41.6 Å². The summed E-state index contributed by atoms with van der Waals surface area (Å²) < 4.78 is 13.0. The summed E-state index contributed by atoms with van der Waals surface area (Å²) in [5.41, 5.74) is 0.977. The minimum absolute atomic E-state index is 0.0651. The van der Waals surface area contributed by atoms with Crippen LogP contribution in [0, 0.1) is 6.92 Å². The fraction of sp³-hybridized carbons (Fsp3) is 0.500. The molecule has 3 atom stereocenters. The average Bonchev–Trinajstić information content (AvgIpc) is 3.20. The van der Waals surface area contributed by atoms with Crippen LogP contribution in [0.2, 0.25) is 0 Å². The molecule has 1 aliphatic heterocycles. The van der Waals surface area contributed by atoms with E-state index in [1.54, 1.807) is 10.9 Å². The van der Waals surface area contributed by atoms with Gasteiger partial charge in [-0.2, -0.15) is 5.10 Å². The summed E-state index contributed by atoms with van der Waals surface area (Å²) in [6.07, 6.45) is 4.31. The number of amides is 2. The molecule has 2 aromatic heterocycles. The topological polar surface area (TPSA) is 81.3 Å². The molecule has 0 bridgehead atoms. The van der Waals surface area contributed by atoms with E-state index < -0.39 is 0 Å². The summed E-state index contributed by atoms with van der Waals surface area (Å²) in [5, 5.41) is 10.0. The predicted octanol–water partition coefficient (Wildman–Crippen LogP) is 2.21. The summed E-state index contributed by atoms with van der Waals surface area (Å²) in [7, 11) is 1.86. The van der Waals surface area contributed by atoms with Gasteiger partial charge in [-0.05, 0) is 32.4 Å². The second kappa shape index (κ2) is 6.45. The lowest BCUT2D eigenvalue weighted by Gasteiger charge is -2.20. The van der Waals surface area contributed by atoms with Gasteiger partial charge < -0.3 is 19.8 Å². The number of hydrogen-bond acceptors (Lipinski definition) is 4. The van der Waals surface area contributed by atoms with E-state index in [1.165, 1.54) is 0 Å². The monoisotopic (exact) mass is 318 g/mol. The Hall–Kier alpha value is -2.28. The number of nitrogens with one attached hydrogen (secondary N) is 2. The molecule has 1 fully saturated rings. The Morgan fingerprint density at radius 1 is 1.48 bits per heavy atom. The van der Waals surface area contributed by atoms with E-state index in [4.69, 9.17) is 9.15 Å². The molecule has 0 aromatic carbocycles. The summed E-state index contributed by atoms with van der Waals surface area (Å²) >= 11 is 0. The number of carbonyl (C=O) groups is 1. The molecule has 3 rings (SSSR count). The molecule has 2 N–H and O–H groups in total. The first-order valence-electron chi connectivity index (χ1n) is 7.76. The van der Waals surface area contributed by atoms with Gasteiger partial charge in [-0.15, -0.1) is 0 Å². The maximum absolute atomic E-state index is 12.2. The first kappa shape index (κ1) is 15.6. The number of aromatic nitrogens is 2. The molecule has 2 amide bonds. The molecule has 7 heteroatoms. The number of rotatable bonds is 4. The molecule has 1 unspecified atom stereocenters. The summed E-state index contributed by atoms with van der Waals surface area (Å²) in [6, 6.07) is 3.27. The Morgan fingerprint density at radius 2 is 2.30 bits per heavy atom. The van der Waals surface area contributed by atoms with Crippen molar-refractivity contribution < 1.29 is 13.9 Å². The standard InChI is InChI=1S/C16H22N4O3/c1-10-4-5-14(23-10)11(2)18-16(21)19-13-6-7-22-15(13)12-8-17-20(3)9-12/h4-5,8-9,11,13,15H,6-7H2,1-3H3,(H2,18,19,21)/t11?,13-,15+/m0/s1. The van der Waals surface area contributed by atoms with Crippen LogP contribution < -0.4 is 10.6 Å². The highest BCUT2D eigenvalue weighted by molar-refractivity contribution is 5.74. The minimum atomic E-state index is -0.226. The fourth-order valence-electron chi connectivity index (χ4n) is 2.82. The number of carbonyl (C=O) groups excluding carboxylic acids is 1. The van der Waals surface area contributed by atoms with E-state index in [9.17, 15) is 4.79 Å². The van der Waals surface area contributed by atoms with E-state index in [1.807, 2.05) is 39.2 Å². The van der Waals surface area contributed by atoms with Crippen LogP contribution in [-0.4, -0.2) is 28.5 Å². The highest BCUT2D eigenvalue weighted by Gasteiger charge is 2.32. The Morgan fingerprint density at radius 3 is 2.96 bits per heavy atom. The van der Waals surface area contributed by atoms with Crippen LogP contribution in [0.1, 0.15) is 42.6 Å². The van der Waals surface area contributed by atoms with Gasteiger partial charge in [0.1, 0.15) is 17.6 Å². The second-order valence-corrected chi connectivity index (χ2v) is 5.92. The second-order valence-electron chi connectivity index (χ2n) is 5.92. The van der Waals surface area contributed by atoms with E-state index in [-0.39, 0.29) is 24.2 Å². The van der Waals surface area contributed by atoms with Crippen LogP contribution >= 0.6 is 0 Å². The molecule has 0 saturated carbocycles. The first-order valence-corrected chi connectivity index (χ1v) is 7.76. The highest BCUT2D eigenvalue weighted by Crippen LogP contribution is 2.28. The lowest BCUT2D eigenvalue weighted by atomic mass is 10.1. The molecule has 0 spiro atoms. The molecular weight excluding hydrogens is 296 g/mol. The summed E-state index contributed by atoms with van der Waals surface area (Å²) in [5.74, 6) is 1.57. The first-order chi connectivity index (χ1) is 11.0. The molecule has 1 aliphatic rings. The number of urea groups is 1. The molecular formula is C16H22N4O3. The van der Waals surface area contributed by atoms with Gasteiger partial charge in [-0.3, -0.25) is 4.68 Å². The molecule has 0 aliphatic carbocycles. The molecule has 124 valence electrons. The fourth-order valence-corrected chi connectivity index (χ4v) is 2.82. The van der Waals surface area contributed by atoms with E-state index >= 15 is 0 Å². The maximum Gasteiger partial charge on any atom is 0.315 e. The van der Waals surface area contributed by atoms with Crippen molar-refractivity contribution in [3.63, 3.8) is 0 Å². The third kappa shape index (κ3) is 3.56. The number of hydrogen-bond donors (Lipinski definition) is 2. The van der Waals surface area contributed by atoms with Crippen molar-refractivity contribution in [1.29, 1.82) is 0 Å². The van der Waals surface area contributed by atoms with Crippen molar-refractivity contribution in [3.8, 4) is 0 Å². The lowest BCUT2D eigenvalue weighted by molar-refractivity contribution is 0.0997. The lowest BCUT2D eigenvalue weighted by Crippen LogP contribution is -2.44. The zero-order chi connectivity index (χ0) is 16.4. The Kier molecular flexibility index (Phi) is 4.38. The van der Waals surface area contributed by atoms with E-state index in [2.05, 4.69) is 15.7 Å². The maximum atomic E-state index is 12.2. The minimum Gasteiger partial charge on any atom is -0.464 e. The van der Waals surface area contributed by atoms with Gasteiger partial charge in [0.05, 0.1) is 18.3 Å². The Bertz CT molecular complexity index is 678. The number of furan rings is 1. The molecule has 1 saturated heterocycles. The van der Waals surface area contributed by atoms with Gasteiger partial charge in [0.25, 0.3) is 0 Å². The van der Waals surface area contributed by atoms with Crippen LogP contribution in [0.25, 0.3) is 0 Å². The van der Waals surface area contributed by atoms with Crippen LogP contribution in [-0.2, 0) is 11.8 Å².